The number of carbonyl (C=O) groups is 1. The SMILES string of the molecule is NOCCC1CCCCN1C(=O)c1ccco1. The Kier molecular flexibility index (Phi) is 4.17. The van der Waals surface area contributed by atoms with Crippen LogP contribution in [0, 0.1) is 0 Å². The molecule has 17 heavy (non-hydrogen) atoms. The standard InChI is InChI=1S/C12H18N2O3/c13-17-9-6-10-4-1-2-7-14(10)12(15)11-5-3-8-16-11/h3,5,8,10H,1-2,4,6-7,9,13H2. The first-order chi connectivity index (χ1) is 8.33. The molecule has 94 valence electrons. The zero-order valence-corrected chi connectivity index (χ0v) is 9.80. The van der Waals surface area contributed by atoms with E-state index < -0.39 is 0 Å². The van der Waals surface area contributed by atoms with Gasteiger partial charge in [-0.1, -0.05) is 0 Å². The van der Waals surface area contributed by atoms with Crippen LogP contribution in [0.25, 0.3) is 0 Å². The largest absolute Gasteiger partial charge is 0.459 e. The Balaban J connectivity index is 2.03. The van der Waals surface area contributed by atoms with Gasteiger partial charge >= 0.3 is 0 Å². The smallest absolute Gasteiger partial charge is 0.289 e. The summed E-state index contributed by atoms with van der Waals surface area (Å²) in [6.07, 6.45) is 5.51. The van der Waals surface area contributed by atoms with E-state index in [2.05, 4.69) is 4.84 Å². The topological polar surface area (TPSA) is 68.7 Å². The summed E-state index contributed by atoms with van der Waals surface area (Å²) in [5.74, 6) is 5.42. The first-order valence-corrected chi connectivity index (χ1v) is 5.99. The van der Waals surface area contributed by atoms with Crippen molar-refractivity contribution in [3.63, 3.8) is 0 Å². The molecule has 1 atom stereocenters. The van der Waals surface area contributed by atoms with Crippen molar-refractivity contribution >= 4 is 5.91 Å². The summed E-state index contributed by atoms with van der Waals surface area (Å²) < 4.78 is 5.15. The van der Waals surface area contributed by atoms with Crippen LogP contribution < -0.4 is 5.90 Å². The minimum absolute atomic E-state index is 0.0308. The first kappa shape index (κ1) is 12.1. The molecule has 1 aliphatic rings. The number of hydrogen-bond donors (Lipinski definition) is 1. The summed E-state index contributed by atoms with van der Waals surface area (Å²) in [7, 11) is 0. The van der Waals surface area contributed by atoms with Gasteiger partial charge in [0.15, 0.2) is 5.76 Å². The molecule has 2 rings (SSSR count). The van der Waals surface area contributed by atoms with Crippen LogP contribution in [0.1, 0.15) is 36.2 Å². The molecule has 1 aliphatic heterocycles. The van der Waals surface area contributed by atoms with E-state index in [1.54, 1.807) is 12.1 Å². The van der Waals surface area contributed by atoms with E-state index in [0.717, 1.165) is 32.2 Å². The van der Waals surface area contributed by atoms with Crippen molar-refractivity contribution in [2.45, 2.75) is 31.7 Å². The summed E-state index contributed by atoms with van der Waals surface area (Å²) in [6, 6.07) is 3.65. The molecule has 0 saturated carbocycles. The van der Waals surface area contributed by atoms with Gasteiger partial charge in [0.2, 0.25) is 0 Å². The molecule has 1 aromatic heterocycles. The third kappa shape index (κ3) is 2.87. The van der Waals surface area contributed by atoms with Crippen molar-refractivity contribution in [3.8, 4) is 0 Å². The summed E-state index contributed by atoms with van der Waals surface area (Å²) >= 11 is 0. The number of amides is 1. The molecule has 5 heteroatoms. The van der Waals surface area contributed by atoms with Crippen molar-refractivity contribution in [1.29, 1.82) is 0 Å². The minimum Gasteiger partial charge on any atom is -0.459 e. The van der Waals surface area contributed by atoms with E-state index in [4.69, 9.17) is 10.3 Å². The summed E-state index contributed by atoms with van der Waals surface area (Å²) in [5.41, 5.74) is 0. The van der Waals surface area contributed by atoms with E-state index in [1.807, 2.05) is 4.90 Å². The van der Waals surface area contributed by atoms with Crippen LogP contribution in [0.5, 0.6) is 0 Å². The Morgan fingerprint density at radius 2 is 2.47 bits per heavy atom. The van der Waals surface area contributed by atoms with Crippen LogP contribution in [0.15, 0.2) is 22.8 Å². The molecular weight excluding hydrogens is 220 g/mol. The fourth-order valence-corrected chi connectivity index (χ4v) is 2.31. The second-order valence-corrected chi connectivity index (χ2v) is 4.28. The predicted molar refractivity (Wildman–Crippen MR) is 62.1 cm³/mol. The molecule has 0 radical (unpaired) electrons. The molecule has 0 aliphatic carbocycles. The maximum absolute atomic E-state index is 12.2. The maximum Gasteiger partial charge on any atom is 0.289 e. The van der Waals surface area contributed by atoms with E-state index in [0.29, 0.717) is 12.4 Å². The molecule has 1 saturated heterocycles. The highest BCUT2D eigenvalue weighted by atomic mass is 16.6. The number of carbonyl (C=O) groups excluding carboxylic acids is 1. The number of hydrogen-bond acceptors (Lipinski definition) is 4. The zero-order valence-electron chi connectivity index (χ0n) is 9.80. The molecule has 2 N–H and O–H groups in total. The molecule has 1 unspecified atom stereocenters. The quantitative estimate of drug-likeness (QED) is 0.808. The summed E-state index contributed by atoms with van der Waals surface area (Å²) in [5, 5.41) is 0. The lowest BCUT2D eigenvalue weighted by molar-refractivity contribution is 0.0486. The van der Waals surface area contributed by atoms with Gasteiger partial charge in [-0.15, -0.1) is 0 Å². The molecule has 0 aromatic carbocycles. The molecule has 1 aromatic rings. The molecule has 5 nitrogen and oxygen atoms in total. The summed E-state index contributed by atoms with van der Waals surface area (Å²) in [6.45, 7) is 1.27. The van der Waals surface area contributed by atoms with E-state index in [9.17, 15) is 4.79 Å². The average Bonchev–Trinajstić information content (AvgIpc) is 2.89. The monoisotopic (exact) mass is 238 g/mol. The van der Waals surface area contributed by atoms with Gasteiger partial charge in [-0.05, 0) is 37.8 Å². The second-order valence-electron chi connectivity index (χ2n) is 4.28. The van der Waals surface area contributed by atoms with Crippen molar-refractivity contribution < 1.29 is 14.0 Å². The van der Waals surface area contributed by atoms with E-state index >= 15 is 0 Å². The number of piperidine rings is 1. The van der Waals surface area contributed by atoms with Crippen molar-refractivity contribution in [1.82, 2.24) is 4.90 Å². The molecule has 1 fully saturated rings. The Morgan fingerprint density at radius 3 is 3.18 bits per heavy atom. The van der Waals surface area contributed by atoms with Gasteiger partial charge in [0.25, 0.3) is 5.91 Å². The average molecular weight is 238 g/mol. The minimum atomic E-state index is -0.0308. The number of likely N-dealkylation sites (tertiary alicyclic amines) is 1. The number of furan rings is 1. The van der Waals surface area contributed by atoms with Gasteiger partial charge in [-0.2, -0.15) is 0 Å². The summed E-state index contributed by atoms with van der Waals surface area (Å²) in [4.78, 5) is 18.7. The van der Waals surface area contributed by atoms with Crippen LogP contribution in [0.4, 0.5) is 0 Å². The number of rotatable bonds is 4. The molecule has 2 heterocycles. The second kappa shape index (κ2) is 5.84. The number of nitrogens with two attached hydrogens (primary N) is 1. The van der Waals surface area contributed by atoms with Gasteiger partial charge in [-0.25, -0.2) is 5.90 Å². The van der Waals surface area contributed by atoms with Crippen LogP contribution in [-0.2, 0) is 4.84 Å². The van der Waals surface area contributed by atoms with Crippen LogP contribution in [-0.4, -0.2) is 30.0 Å². The van der Waals surface area contributed by atoms with E-state index in [-0.39, 0.29) is 11.9 Å². The van der Waals surface area contributed by atoms with Crippen LogP contribution in [0.3, 0.4) is 0 Å². The highest BCUT2D eigenvalue weighted by molar-refractivity contribution is 5.91. The third-order valence-corrected chi connectivity index (χ3v) is 3.19. The van der Waals surface area contributed by atoms with Gasteiger partial charge in [0, 0.05) is 12.6 Å². The fraction of sp³-hybridized carbons (Fsp3) is 0.583. The van der Waals surface area contributed by atoms with E-state index in [1.165, 1.54) is 6.26 Å². The van der Waals surface area contributed by atoms with Gasteiger partial charge in [0.1, 0.15) is 0 Å². The molecular formula is C12H18N2O3. The normalized spacial score (nSPS) is 20.5. The fourth-order valence-electron chi connectivity index (χ4n) is 2.31. The third-order valence-electron chi connectivity index (χ3n) is 3.19. The van der Waals surface area contributed by atoms with Gasteiger partial charge in [0.05, 0.1) is 12.9 Å². The predicted octanol–water partition coefficient (Wildman–Crippen LogP) is 1.55. The van der Waals surface area contributed by atoms with Crippen LogP contribution in [0.2, 0.25) is 0 Å². The van der Waals surface area contributed by atoms with Crippen molar-refractivity contribution in [3.05, 3.63) is 24.2 Å². The Bertz CT molecular complexity index is 351. The maximum atomic E-state index is 12.2. The molecule has 0 spiro atoms. The Hall–Kier alpha value is -1.33. The first-order valence-electron chi connectivity index (χ1n) is 5.99. The Labute approximate surface area is 100 Å². The Morgan fingerprint density at radius 1 is 1.59 bits per heavy atom. The van der Waals surface area contributed by atoms with Gasteiger partial charge < -0.3 is 14.2 Å². The lowest BCUT2D eigenvalue weighted by Crippen LogP contribution is -2.44. The van der Waals surface area contributed by atoms with Crippen molar-refractivity contribution in [2.24, 2.45) is 5.90 Å². The highest BCUT2D eigenvalue weighted by Crippen LogP contribution is 2.22. The van der Waals surface area contributed by atoms with Gasteiger partial charge in [-0.3, -0.25) is 4.79 Å². The molecule has 0 bridgehead atoms. The zero-order chi connectivity index (χ0) is 12.1. The lowest BCUT2D eigenvalue weighted by Gasteiger charge is -2.35. The van der Waals surface area contributed by atoms with Crippen LogP contribution >= 0.6 is 0 Å². The van der Waals surface area contributed by atoms with Crippen molar-refractivity contribution in [2.75, 3.05) is 13.2 Å². The lowest BCUT2D eigenvalue weighted by atomic mass is 9.99. The highest BCUT2D eigenvalue weighted by Gasteiger charge is 2.28. The molecule has 1 amide bonds. The number of nitrogens with zero attached hydrogens (tertiary/aromatic N) is 1.